The highest BCUT2D eigenvalue weighted by Crippen LogP contribution is 2.31. The zero-order chi connectivity index (χ0) is 19.6. The predicted molar refractivity (Wildman–Crippen MR) is 113 cm³/mol. The van der Waals surface area contributed by atoms with Gasteiger partial charge in [0, 0.05) is 40.6 Å². The third-order valence-electron chi connectivity index (χ3n) is 7.52. The minimum atomic E-state index is 0.465. The maximum atomic E-state index is 6.12. The molecule has 0 bridgehead atoms. The van der Waals surface area contributed by atoms with Gasteiger partial charge in [-0.1, -0.05) is 12.8 Å². The molecule has 3 rings (SSSR count). The lowest BCUT2D eigenvalue weighted by atomic mass is 9.82. The molecule has 4 heteroatoms. The molecule has 0 aromatic rings. The Labute approximate surface area is 173 Å². The van der Waals surface area contributed by atoms with Crippen molar-refractivity contribution in [1.29, 1.82) is 0 Å². The number of hydrogen-bond donors (Lipinski definition) is 0. The minimum Gasteiger partial charge on any atom is -0.381 e. The lowest BCUT2D eigenvalue weighted by Gasteiger charge is -2.31. The highest BCUT2D eigenvalue weighted by Gasteiger charge is 2.25. The molecule has 164 valence electrons. The van der Waals surface area contributed by atoms with E-state index in [1.54, 1.807) is 0 Å². The van der Waals surface area contributed by atoms with Crippen molar-refractivity contribution in [3.05, 3.63) is 0 Å². The van der Waals surface area contributed by atoms with Crippen LogP contribution in [0.2, 0.25) is 0 Å². The second-order valence-corrected chi connectivity index (χ2v) is 9.74. The van der Waals surface area contributed by atoms with Crippen LogP contribution in [0.1, 0.15) is 77.0 Å². The van der Waals surface area contributed by atoms with E-state index >= 15 is 0 Å². The summed E-state index contributed by atoms with van der Waals surface area (Å²) in [7, 11) is 3.70. The molecule has 0 heterocycles. The fourth-order valence-corrected chi connectivity index (χ4v) is 5.58. The molecule has 0 spiro atoms. The van der Waals surface area contributed by atoms with Crippen molar-refractivity contribution in [1.82, 2.24) is 0 Å². The molecule has 0 saturated heterocycles. The molecule has 0 amide bonds. The van der Waals surface area contributed by atoms with Crippen molar-refractivity contribution >= 4 is 0 Å². The molecule has 0 radical (unpaired) electrons. The zero-order valence-corrected chi connectivity index (χ0v) is 18.4. The largest absolute Gasteiger partial charge is 0.381 e. The van der Waals surface area contributed by atoms with Crippen LogP contribution in [0.4, 0.5) is 0 Å². The Morgan fingerprint density at radius 1 is 0.500 bits per heavy atom. The molecule has 3 aliphatic rings. The van der Waals surface area contributed by atoms with Gasteiger partial charge in [0.25, 0.3) is 0 Å². The number of rotatable bonds is 10. The Morgan fingerprint density at radius 2 is 0.893 bits per heavy atom. The van der Waals surface area contributed by atoms with Crippen LogP contribution in [0, 0.1) is 23.7 Å². The van der Waals surface area contributed by atoms with E-state index in [9.17, 15) is 0 Å². The van der Waals surface area contributed by atoms with E-state index in [0.29, 0.717) is 24.0 Å². The summed E-state index contributed by atoms with van der Waals surface area (Å²) in [5.41, 5.74) is 0. The summed E-state index contributed by atoms with van der Waals surface area (Å²) in [6, 6.07) is 0. The standard InChI is InChI=1S/C24H44O4/c1-25-23-7-3-5-21(13-23)17-27-15-19-9-11-20(12-10-19)16-28-18-22-6-4-8-24(14-22)26-2/h19-24H,3-18H2,1-2H3. The van der Waals surface area contributed by atoms with Gasteiger partial charge in [-0.15, -0.1) is 0 Å². The van der Waals surface area contributed by atoms with E-state index < -0.39 is 0 Å². The van der Waals surface area contributed by atoms with Gasteiger partial charge in [0.1, 0.15) is 0 Å². The highest BCUT2D eigenvalue weighted by molar-refractivity contribution is 4.76. The summed E-state index contributed by atoms with van der Waals surface area (Å²) in [5, 5.41) is 0. The quantitative estimate of drug-likeness (QED) is 0.506. The van der Waals surface area contributed by atoms with E-state index in [4.69, 9.17) is 18.9 Å². The monoisotopic (exact) mass is 396 g/mol. The first-order valence-corrected chi connectivity index (χ1v) is 12.0. The van der Waals surface area contributed by atoms with Crippen LogP contribution in [-0.4, -0.2) is 52.9 Å². The summed E-state index contributed by atoms with van der Waals surface area (Å²) >= 11 is 0. The van der Waals surface area contributed by atoms with Gasteiger partial charge >= 0.3 is 0 Å². The molecule has 4 atom stereocenters. The van der Waals surface area contributed by atoms with Crippen molar-refractivity contribution in [3.8, 4) is 0 Å². The van der Waals surface area contributed by atoms with Crippen LogP contribution in [0.3, 0.4) is 0 Å². The smallest absolute Gasteiger partial charge is 0.0574 e. The summed E-state index contributed by atoms with van der Waals surface area (Å²) in [4.78, 5) is 0. The summed E-state index contributed by atoms with van der Waals surface area (Å²) in [5.74, 6) is 2.94. The Kier molecular flexibility index (Phi) is 10.1. The van der Waals surface area contributed by atoms with Gasteiger partial charge in [-0.25, -0.2) is 0 Å². The van der Waals surface area contributed by atoms with E-state index in [-0.39, 0.29) is 0 Å². The van der Waals surface area contributed by atoms with Crippen LogP contribution >= 0.6 is 0 Å². The molecule has 0 aromatic carbocycles. The average Bonchev–Trinajstić information content (AvgIpc) is 2.75. The third-order valence-corrected chi connectivity index (χ3v) is 7.52. The van der Waals surface area contributed by atoms with Gasteiger partial charge < -0.3 is 18.9 Å². The first kappa shape index (κ1) is 22.5. The fourth-order valence-electron chi connectivity index (χ4n) is 5.58. The predicted octanol–water partition coefficient (Wildman–Crippen LogP) is 5.24. The topological polar surface area (TPSA) is 36.9 Å². The fraction of sp³-hybridized carbons (Fsp3) is 1.00. The second kappa shape index (κ2) is 12.5. The van der Waals surface area contributed by atoms with Crippen LogP contribution in [-0.2, 0) is 18.9 Å². The molecule has 0 aromatic heterocycles. The van der Waals surface area contributed by atoms with Crippen LogP contribution in [0.25, 0.3) is 0 Å². The third kappa shape index (κ3) is 7.59. The summed E-state index contributed by atoms with van der Waals surface area (Å²) in [6.07, 6.45) is 16.2. The van der Waals surface area contributed by atoms with Crippen LogP contribution in [0.15, 0.2) is 0 Å². The van der Waals surface area contributed by atoms with Crippen LogP contribution in [0.5, 0.6) is 0 Å². The van der Waals surface area contributed by atoms with E-state index in [1.807, 2.05) is 14.2 Å². The molecule has 3 saturated carbocycles. The summed E-state index contributed by atoms with van der Waals surface area (Å²) in [6.45, 7) is 3.80. The van der Waals surface area contributed by atoms with Crippen molar-refractivity contribution in [2.45, 2.75) is 89.3 Å². The number of hydrogen-bond acceptors (Lipinski definition) is 4. The van der Waals surface area contributed by atoms with Gasteiger partial charge in [0.15, 0.2) is 0 Å². The van der Waals surface area contributed by atoms with Crippen molar-refractivity contribution in [2.75, 3.05) is 40.6 Å². The first-order valence-electron chi connectivity index (χ1n) is 12.0. The maximum absolute atomic E-state index is 6.12. The molecular weight excluding hydrogens is 352 g/mol. The SMILES string of the molecule is COC1CCCC(COCC2CCC(COCC3CCCC(OC)C3)CC2)C1. The molecule has 0 N–H and O–H groups in total. The lowest BCUT2D eigenvalue weighted by molar-refractivity contribution is -0.00574. The Hall–Kier alpha value is -0.160. The highest BCUT2D eigenvalue weighted by atomic mass is 16.5. The number of ether oxygens (including phenoxy) is 4. The van der Waals surface area contributed by atoms with Crippen molar-refractivity contribution in [2.24, 2.45) is 23.7 Å². The molecule has 0 aliphatic heterocycles. The van der Waals surface area contributed by atoms with Gasteiger partial charge in [-0.05, 0) is 87.9 Å². The van der Waals surface area contributed by atoms with E-state index in [2.05, 4.69) is 0 Å². The van der Waals surface area contributed by atoms with Gasteiger partial charge in [0.05, 0.1) is 12.2 Å². The normalized spacial score (nSPS) is 37.1. The van der Waals surface area contributed by atoms with Crippen LogP contribution < -0.4 is 0 Å². The molecule has 4 unspecified atom stereocenters. The van der Waals surface area contributed by atoms with Crippen molar-refractivity contribution < 1.29 is 18.9 Å². The molecule has 4 nitrogen and oxygen atoms in total. The lowest BCUT2D eigenvalue weighted by Crippen LogP contribution is -2.27. The van der Waals surface area contributed by atoms with Crippen molar-refractivity contribution in [3.63, 3.8) is 0 Å². The molecular formula is C24H44O4. The second-order valence-electron chi connectivity index (χ2n) is 9.74. The first-order chi connectivity index (χ1) is 13.8. The minimum absolute atomic E-state index is 0.465. The average molecular weight is 397 g/mol. The molecule has 28 heavy (non-hydrogen) atoms. The molecule has 3 aliphatic carbocycles. The Bertz CT molecular complexity index is 369. The Balaban J connectivity index is 1.21. The Morgan fingerprint density at radius 3 is 1.29 bits per heavy atom. The van der Waals surface area contributed by atoms with E-state index in [1.165, 1.54) is 77.0 Å². The maximum Gasteiger partial charge on any atom is 0.0574 e. The summed E-state index contributed by atoms with van der Waals surface area (Å²) < 4.78 is 23.3. The van der Waals surface area contributed by atoms with Gasteiger partial charge in [-0.2, -0.15) is 0 Å². The van der Waals surface area contributed by atoms with Gasteiger partial charge in [0.2, 0.25) is 0 Å². The zero-order valence-electron chi connectivity index (χ0n) is 18.4. The van der Waals surface area contributed by atoms with Gasteiger partial charge in [-0.3, -0.25) is 0 Å². The van der Waals surface area contributed by atoms with E-state index in [0.717, 1.165) is 38.3 Å². The number of methoxy groups -OCH3 is 2. The molecule has 3 fully saturated rings.